The van der Waals surface area contributed by atoms with E-state index in [-0.39, 0.29) is 5.91 Å². The molecule has 1 saturated heterocycles. The zero-order valence-electron chi connectivity index (χ0n) is 14.7. The summed E-state index contributed by atoms with van der Waals surface area (Å²) < 4.78 is 6.05. The van der Waals surface area contributed by atoms with Crippen LogP contribution in [0.5, 0.6) is 5.75 Å². The zero-order chi connectivity index (χ0) is 16.8. The van der Waals surface area contributed by atoms with Gasteiger partial charge in [-0.1, -0.05) is 12.1 Å². The van der Waals surface area contributed by atoms with Gasteiger partial charge in [-0.2, -0.15) is 0 Å². The minimum atomic E-state index is 0.163. The lowest BCUT2D eigenvalue weighted by Gasteiger charge is -2.28. The molecule has 24 heavy (non-hydrogen) atoms. The number of carbonyl (C=O) groups is 1. The Hall–Kier alpha value is -1.55. The molecule has 2 fully saturated rings. The first-order valence-electron chi connectivity index (χ1n) is 9.47. The van der Waals surface area contributed by atoms with Gasteiger partial charge in [0.05, 0.1) is 6.10 Å². The van der Waals surface area contributed by atoms with Crippen molar-refractivity contribution in [2.45, 2.75) is 76.5 Å². The third-order valence-electron chi connectivity index (χ3n) is 5.13. The summed E-state index contributed by atoms with van der Waals surface area (Å²) in [5.41, 5.74) is 1.18. The maximum atomic E-state index is 12.2. The highest BCUT2D eigenvalue weighted by molar-refractivity contribution is 5.76. The molecule has 4 nitrogen and oxygen atoms in total. The highest BCUT2D eigenvalue weighted by atomic mass is 16.5. The van der Waals surface area contributed by atoms with Crippen LogP contribution in [0, 0.1) is 0 Å². The number of amides is 1. The Bertz CT molecular complexity index is 540. The van der Waals surface area contributed by atoms with Crippen LogP contribution in [0.25, 0.3) is 0 Å². The van der Waals surface area contributed by atoms with Crippen molar-refractivity contribution in [3.05, 3.63) is 29.8 Å². The number of piperidine rings is 1. The number of ether oxygens (including phenoxy) is 1. The van der Waals surface area contributed by atoms with Crippen LogP contribution >= 0.6 is 0 Å². The zero-order valence-corrected chi connectivity index (χ0v) is 14.7. The summed E-state index contributed by atoms with van der Waals surface area (Å²) in [6, 6.07) is 9.06. The second kappa shape index (κ2) is 8.52. The molecule has 132 valence electrons. The molecule has 2 N–H and O–H groups in total. The Kier molecular flexibility index (Phi) is 6.13. The van der Waals surface area contributed by atoms with Gasteiger partial charge >= 0.3 is 0 Å². The summed E-state index contributed by atoms with van der Waals surface area (Å²) in [6.45, 7) is 3.17. The summed E-state index contributed by atoms with van der Waals surface area (Å²) in [6.07, 6.45) is 8.64. The van der Waals surface area contributed by atoms with Gasteiger partial charge < -0.3 is 15.4 Å². The van der Waals surface area contributed by atoms with E-state index in [2.05, 4.69) is 29.7 Å². The molecular formula is C20H30N2O2. The largest absolute Gasteiger partial charge is 0.490 e. The van der Waals surface area contributed by atoms with Crippen LogP contribution in [0.2, 0.25) is 0 Å². The lowest BCUT2D eigenvalue weighted by atomic mass is 10.0. The van der Waals surface area contributed by atoms with E-state index >= 15 is 0 Å². The van der Waals surface area contributed by atoms with Crippen molar-refractivity contribution in [1.29, 1.82) is 0 Å². The fourth-order valence-electron chi connectivity index (χ4n) is 3.79. The Morgan fingerprint density at radius 2 is 2.12 bits per heavy atom. The van der Waals surface area contributed by atoms with E-state index in [4.69, 9.17) is 4.74 Å². The van der Waals surface area contributed by atoms with Crippen LogP contribution < -0.4 is 15.4 Å². The fraction of sp³-hybridized carbons (Fsp3) is 0.650. The third kappa shape index (κ3) is 5.23. The normalized spacial score (nSPS) is 24.7. The fourth-order valence-corrected chi connectivity index (χ4v) is 3.79. The topological polar surface area (TPSA) is 50.4 Å². The lowest BCUT2D eigenvalue weighted by molar-refractivity contribution is -0.122. The van der Waals surface area contributed by atoms with E-state index in [1.807, 2.05) is 12.1 Å². The molecule has 1 aliphatic carbocycles. The van der Waals surface area contributed by atoms with Gasteiger partial charge in [0.2, 0.25) is 5.91 Å². The number of aryl methyl sites for hydroxylation is 1. The monoisotopic (exact) mass is 330 g/mol. The van der Waals surface area contributed by atoms with E-state index < -0.39 is 0 Å². The molecule has 3 rings (SSSR count). The van der Waals surface area contributed by atoms with Gasteiger partial charge in [-0.25, -0.2) is 0 Å². The van der Waals surface area contributed by atoms with Crippen LogP contribution in [0.1, 0.15) is 57.4 Å². The molecule has 0 aromatic heterocycles. The van der Waals surface area contributed by atoms with Crippen molar-refractivity contribution in [2.75, 3.05) is 6.54 Å². The molecule has 2 unspecified atom stereocenters. The van der Waals surface area contributed by atoms with Gasteiger partial charge in [0, 0.05) is 18.5 Å². The Morgan fingerprint density at radius 1 is 1.29 bits per heavy atom. The van der Waals surface area contributed by atoms with Gasteiger partial charge in [-0.05, 0) is 76.1 Å². The molecule has 4 heteroatoms. The van der Waals surface area contributed by atoms with Gasteiger partial charge in [-0.3, -0.25) is 4.79 Å². The average Bonchev–Trinajstić information content (AvgIpc) is 3.06. The van der Waals surface area contributed by atoms with Gasteiger partial charge in [-0.15, -0.1) is 0 Å². The predicted octanol–water partition coefficient (Wildman–Crippen LogP) is 3.20. The SMILES string of the molecule is CC1CC(NC(=O)CCc2cccc(OC3CCCC3)c2)CCN1. The van der Waals surface area contributed by atoms with Crippen LogP contribution in [0.3, 0.4) is 0 Å². The van der Waals surface area contributed by atoms with Gasteiger partial charge in [0.1, 0.15) is 5.75 Å². The summed E-state index contributed by atoms with van der Waals surface area (Å²) >= 11 is 0. The maximum Gasteiger partial charge on any atom is 0.220 e. The number of benzene rings is 1. The van der Waals surface area contributed by atoms with Crippen LogP contribution in [0.15, 0.2) is 24.3 Å². The van der Waals surface area contributed by atoms with Crippen molar-refractivity contribution >= 4 is 5.91 Å². The summed E-state index contributed by atoms with van der Waals surface area (Å²) in [4.78, 5) is 12.2. The third-order valence-corrected chi connectivity index (χ3v) is 5.13. The molecule has 0 bridgehead atoms. The van der Waals surface area contributed by atoms with Gasteiger partial charge in [0.25, 0.3) is 0 Å². The molecule has 2 aliphatic rings. The number of nitrogens with one attached hydrogen (secondary N) is 2. The van der Waals surface area contributed by atoms with Gasteiger partial charge in [0.15, 0.2) is 0 Å². The first-order chi connectivity index (χ1) is 11.7. The van der Waals surface area contributed by atoms with Crippen molar-refractivity contribution < 1.29 is 9.53 Å². The standard InChI is InChI=1S/C20H30N2O2/c1-15-13-17(11-12-21-15)22-20(23)10-9-16-5-4-8-19(14-16)24-18-6-2-3-7-18/h4-5,8,14-15,17-18,21H,2-3,6-7,9-13H2,1H3,(H,22,23). The number of carbonyl (C=O) groups excluding carboxylic acids is 1. The molecule has 1 aromatic carbocycles. The highest BCUT2D eigenvalue weighted by Gasteiger charge is 2.20. The summed E-state index contributed by atoms with van der Waals surface area (Å²) in [5, 5.41) is 6.60. The summed E-state index contributed by atoms with van der Waals surface area (Å²) in [7, 11) is 0. The van der Waals surface area contributed by atoms with E-state index in [1.54, 1.807) is 0 Å². The minimum absolute atomic E-state index is 0.163. The number of rotatable bonds is 6. The molecule has 0 spiro atoms. The lowest BCUT2D eigenvalue weighted by Crippen LogP contribution is -2.46. The van der Waals surface area contributed by atoms with Crippen molar-refractivity contribution in [3.8, 4) is 5.75 Å². The van der Waals surface area contributed by atoms with E-state index in [0.29, 0.717) is 24.6 Å². The molecule has 1 aliphatic heterocycles. The second-order valence-corrected chi connectivity index (χ2v) is 7.32. The average molecular weight is 330 g/mol. The highest BCUT2D eigenvalue weighted by Crippen LogP contribution is 2.24. The maximum absolute atomic E-state index is 12.2. The second-order valence-electron chi connectivity index (χ2n) is 7.32. The quantitative estimate of drug-likeness (QED) is 0.842. The molecular weight excluding hydrogens is 300 g/mol. The van der Waals surface area contributed by atoms with Crippen molar-refractivity contribution in [2.24, 2.45) is 0 Å². The molecule has 1 heterocycles. The number of hydrogen-bond acceptors (Lipinski definition) is 3. The minimum Gasteiger partial charge on any atom is -0.490 e. The molecule has 2 atom stereocenters. The van der Waals surface area contributed by atoms with E-state index in [9.17, 15) is 4.79 Å². The predicted molar refractivity (Wildman–Crippen MR) is 96.3 cm³/mol. The number of hydrogen-bond donors (Lipinski definition) is 2. The smallest absolute Gasteiger partial charge is 0.220 e. The summed E-state index contributed by atoms with van der Waals surface area (Å²) in [5.74, 6) is 1.11. The molecule has 1 amide bonds. The molecule has 1 aromatic rings. The van der Waals surface area contributed by atoms with Crippen molar-refractivity contribution in [3.63, 3.8) is 0 Å². The Labute approximate surface area is 145 Å². The van der Waals surface area contributed by atoms with Crippen LogP contribution in [-0.4, -0.2) is 30.6 Å². The van der Waals surface area contributed by atoms with E-state index in [0.717, 1.165) is 31.6 Å². The Balaban J connectivity index is 1.44. The Morgan fingerprint density at radius 3 is 2.92 bits per heavy atom. The van der Waals surface area contributed by atoms with Crippen LogP contribution in [-0.2, 0) is 11.2 Å². The van der Waals surface area contributed by atoms with Crippen LogP contribution in [0.4, 0.5) is 0 Å². The molecule has 0 radical (unpaired) electrons. The van der Waals surface area contributed by atoms with E-state index in [1.165, 1.54) is 31.2 Å². The van der Waals surface area contributed by atoms with Crippen molar-refractivity contribution in [1.82, 2.24) is 10.6 Å². The molecule has 1 saturated carbocycles. The first kappa shape index (κ1) is 17.3. The first-order valence-corrected chi connectivity index (χ1v) is 9.47.